The number of hydrogen-bond donors (Lipinski definition) is 0. The van der Waals surface area contributed by atoms with E-state index in [-0.39, 0.29) is 0 Å². The number of aryl methyl sites for hydroxylation is 1. The number of hydrogen-bond acceptors (Lipinski definition) is 2. The van der Waals surface area contributed by atoms with Gasteiger partial charge in [-0.25, -0.2) is 0 Å². The summed E-state index contributed by atoms with van der Waals surface area (Å²) in [5.74, 6) is 0. The Morgan fingerprint density at radius 2 is 2.00 bits per heavy atom. The van der Waals surface area contributed by atoms with Gasteiger partial charge < -0.3 is 4.90 Å². The lowest BCUT2D eigenvalue weighted by Crippen LogP contribution is -2.24. The molecule has 0 N–H and O–H groups in total. The maximum atomic E-state index is 8.68. The Balaban J connectivity index is 2.39. The largest absolute Gasteiger partial charge is 0.311 e. The number of nitriles is 1. The highest BCUT2D eigenvalue weighted by Gasteiger charge is 2.06. The van der Waals surface area contributed by atoms with Gasteiger partial charge in [-0.15, -0.1) is 0 Å². The Hall–Kier alpha value is -1.49. The average molecular weight is 188 g/mol. The zero-order valence-corrected chi connectivity index (χ0v) is 8.77. The SMILES string of the molecule is CC(CCc1ccccc1)N(C)C#N. The van der Waals surface area contributed by atoms with E-state index in [4.69, 9.17) is 5.26 Å². The summed E-state index contributed by atoms with van der Waals surface area (Å²) in [4.78, 5) is 1.70. The highest BCUT2D eigenvalue weighted by atomic mass is 15.1. The highest BCUT2D eigenvalue weighted by Crippen LogP contribution is 2.07. The molecule has 0 amide bonds. The smallest absolute Gasteiger partial charge is 0.179 e. The van der Waals surface area contributed by atoms with Gasteiger partial charge in [0.2, 0.25) is 0 Å². The summed E-state index contributed by atoms with van der Waals surface area (Å²) < 4.78 is 0. The first-order chi connectivity index (χ1) is 6.74. The Labute approximate surface area is 85.8 Å². The van der Waals surface area contributed by atoms with Crippen molar-refractivity contribution in [1.29, 1.82) is 5.26 Å². The molecule has 0 saturated carbocycles. The lowest BCUT2D eigenvalue weighted by molar-refractivity contribution is 0.348. The third-order valence-corrected chi connectivity index (χ3v) is 2.51. The van der Waals surface area contributed by atoms with Gasteiger partial charge in [0, 0.05) is 13.1 Å². The van der Waals surface area contributed by atoms with Gasteiger partial charge >= 0.3 is 0 Å². The second-order valence-corrected chi connectivity index (χ2v) is 3.58. The van der Waals surface area contributed by atoms with Gasteiger partial charge in [0.1, 0.15) is 0 Å². The molecule has 1 aromatic rings. The van der Waals surface area contributed by atoms with Gasteiger partial charge in [-0.3, -0.25) is 0 Å². The van der Waals surface area contributed by atoms with Crippen LogP contribution in [0.1, 0.15) is 18.9 Å². The molecule has 2 nitrogen and oxygen atoms in total. The molecule has 0 aromatic heterocycles. The van der Waals surface area contributed by atoms with Crippen LogP contribution in [-0.4, -0.2) is 18.0 Å². The van der Waals surface area contributed by atoms with Crippen LogP contribution in [0.15, 0.2) is 30.3 Å². The summed E-state index contributed by atoms with van der Waals surface area (Å²) >= 11 is 0. The molecule has 0 aliphatic rings. The molecular weight excluding hydrogens is 172 g/mol. The van der Waals surface area contributed by atoms with Crippen molar-refractivity contribution in [2.45, 2.75) is 25.8 Å². The highest BCUT2D eigenvalue weighted by molar-refractivity contribution is 5.14. The minimum Gasteiger partial charge on any atom is -0.311 e. The molecule has 0 spiro atoms. The van der Waals surface area contributed by atoms with E-state index in [2.05, 4.69) is 25.2 Å². The van der Waals surface area contributed by atoms with Crippen molar-refractivity contribution < 1.29 is 0 Å². The van der Waals surface area contributed by atoms with Crippen LogP contribution < -0.4 is 0 Å². The van der Waals surface area contributed by atoms with Crippen molar-refractivity contribution >= 4 is 0 Å². The van der Waals surface area contributed by atoms with E-state index in [0.717, 1.165) is 12.8 Å². The van der Waals surface area contributed by atoms with Crippen LogP contribution in [0.25, 0.3) is 0 Å². The van der Waals surface area contributed by atoms with Crippen molar-refractivity contribution in [2.24, 2.45) is 0 Å². The fraction of sp³-hybridized carbons (Fsp3) is 0.417. The monoisotopic (exact) mass is 188 g/mol. The van der Waals surface area contributed by atoms with Gasteiger partial charge in [0.15, 0.2) is 6.19 Å². The van der Waals surface area contributed by atoms with E-state index >= 15 is 0 Å². The number of rotatable bonds is 4. The Morgan fingerprint density at radius 1 is 1.36 bits per heavy atom. The molecule has 0 fully saturated rings. The fourth-order valence-electron chi connectivity index (χ4n) is 1.31. The average Bonchev–Trinajstić information content (AvgIpc) is 2.26. The van der Waals surface area contributed by atoms with E-state index in [1.54, 1.807) is 4.90 Å². The summed E-state index contributed by atoms with van der Waals surface area (Å²) in [7, 11) is 1.83. The molecule has 1 unspecified atom stereocenters. The van der Waals surface area contributed by atoms with E-state index < -0.39 is 0 Å². The van der Waals surface area contributed by atoms with Gasteiger partial charge in [-0.2, -0.15) is 5.26 Å². The van der Waals surface area contributed by atoms with Crippen molar-refractivity contribution in [3.05, 3.63) is 35.9 Å². The van der Waals surface area contributed by atoms with E-state index in [1.165, 1.54) is 5.56 Å². The zero-order valence-electron chi connectivity index (χ0n) is 8.77. The Bertz CT molecular complexity index is 300. The molecule has 0 aliphatic heterocycles. The van der Waals surface area contributed by atoms with Crippen molar-refractivity contribution in [2.75, 3.05) is 7.05 Å². The van der Waals surface area contributed by atoms with Crippen LogP contribution >= 0.6 is 0 Å². The predicted molar refractivity (Wildman–Crippen MR) is 57.6 cm³/mol. The second kappa shape index (κ2) is 5.29. The maximum Gasteiger partial charge on any atom is 0.179 e. The van der Waals surface area contributed by atoms with Crippen LogP contribution in [0, 0.1) is 11.5 Å². The first-order valence-electron chi connectivity index (χ1n) is 4.90. The first-order valence-corrected chi connectivity index (χ1v) is 4.90. The standard InChI is InChI=1S/C12H16N2/c1-11(14(2)10-13)8-9-12-6-4-3-5-7-12/h3-7,11H,8-9H2,1-2H3. The molecular formula is C12H16N2. The van der Waals surface area contributed by atoms with Crippen LogP contribution in [0.2, 0.25) is 0 Å². The van der Waals surface area contributed by atoms with Crippen molar-refractivity contribution in [3.63, 3.8) is 0 Å². The summed E-state index contributed by atoms with van der Waals surface area (Å²) in [5, 5.41) is 8.68. The van der Waals surface area contributed by atoms with Crippen LogP contribution in [0.4, 0.5) is 0 Å². The molecule has 1 rings (SSSR count). The van der Waals surface area contributed by atoms with Gasteiger partial charge in [-0.1, -0.05) is 30.3 Å². The third kappa shape index (κ3) is 3.10. The number of benzene rings is 1. The summed E-state index contributed by atoms with van der Waals surface area (Å²) in [6.07, 6.45) is 4.19. The maximum absolute atomic E-state index is 8.68. The van der Waals surface area contributed by atoms with Gasteiger partial charge in [0.25, 0.3) is 0 Å². The molecule has 2 heteroatoms. The van der Waals surface area contributed by atoms with E-state index in [9.17, 15) is 0 Å². The number of nitrogens with zero attached hydrogens (tertiary/aromatic N) is 2. The van der Waals surface area contributed by atoms with Crippen LogP contribution in [-0.2, 0) is 6.42 Å². The molecule has 74 valence electrons. The fourth-order valence-corrected chi connectivity index (χ4v) is 1.31. The molecule has 0 aliphatic carbocycles. The Morgan fingerprint density at radius 3 is 2.57 bits per heavy atom. The van der Waals surface area contributed by atoms with Crippen LogP contribution in [0.3, 0.4) is 0 Å². The van der Waals surface area contributed by atoms with E-state index in [1.807, 2.05) is 25.2 Å². The van der Waals surface area contributed by atoms with Gasteiger partial charge in [-0.05, 0) is 25.3 Å². The van der Waals surface area contributed by atoms with E-state index in [0.29, 0.717) is 6.04 Å². The minimum atomic E-state index is 0.320. The topological polar surface area (TPSA) is 27.0 Å². The molecule has 1 atom stereocenters. The molecule has 0 heterocycles. The molecule has 0 saturated heterocycles. The lowest BCUT2D eigenvalue weighted by atomic mass is 10.1. The molecule has 14 heavy (non-hydrogen) atoms. The summed E-state index contributed by atoms with van der Waals surface area (Å²) in [6, 6.07) is 10.7. The van der Waals surface area contributed by atoms with Crippen molar-refractivity contribution in [1.82, 2.24) is 4.90 Å². The third-order valence-electron chi connectivity index (χ3n) is 2.51. The molecule has 1 aromatic carbocycles. The predicted octanol–water partition coefficient (Wildman–Crippen LogP) is 2.42. The molecule has 0 bridgehead atoms. The first kappa shape index (κ1) is 10.6. The zero-order chi connectivity index (χ0) is 10.4. The quantitative estimate of drug-likeness (QED) is 0.536. The van der Waals surface area contributed by atoms with Crippen molar-refractivity contribution in [3.8, 4) is 6.19 Å². The van der Waals surface area contributed by atoms with Crippen LogP contribution in [0.5, 0.6) is 0 Å². The molecule has 0 radical (unpaired) electrons. The normalized spacial score (nSPS) is 11.8. The Kier molecular flexibility index (Phi) is 4.00. The second-order valence-electron chi connectivity index (χ2n) is 3.58. The minimum absolute atomic E-state index is 0.320. The summed E-state index contributed by atoms with van der Waals surface area (Å²) in [5.41, 5.74) is 1.34. The lowest BCUT2D eigenvalue weighted by Gasteiger charge is -2.18. The van der Waals surface area contributed by atoms with Gasteiger partial charge in [0.05, 0.1) is 0 Å². The summed E-state index contributed by atoms with van der Waals surface area (Å²) in [6.45, 7) is 2.08.